The molecule has 0 aliphatic heterocycles. The van der Waals surface area contributed by atoms with Gasteiger partial charge in [-0.25, -0.2) is 9.67 Å². The fourth-order valence-corrected chi connectivity index (χ4v) is 3.58. The summed E-state index contributed by atoms with van der Waals surface area (Å²) in [5, 5.41) is 8.46. The maximum Gasteiger partial charge on any atom is 0.224 e. The number of para-hydroxylation sites is 1. The van der Waals surface area contributed by atoms with E-state index >= 15 is 0 Å². The number of aromatic nitrogens is 3. The summed E-state index contributed by atoms with van der Waals surface area (Å²) >= 11 is 0. The van der Waals surface area contributed by atoms with Gasteiger partial charge in [0.15, 0.2) is 17.1 Å². The molecular weight excluding hydrogens is 404 g/mol. The van der Waals surface area contributed by atoms with Gasteiger partial charge in [0.05, 0.1) is 37.0 Å². The highest BCUT2D eigenvalue weighted by atomic mass is 16.5. The van der Waals surface area contributed by atoms with Crippen molar-refractivity contribution >= 4 is 22.6 Å². The molecule has 2 aromatic heterocycles. The van der Waals surface area contributed by atoms with Crippen molar-refractivity contribution in [2.45, 2.75) is 26.7 Å². The molecule has 4 rings (SSSR count). The quantitative estimate of drug-likeness (QED) is 0.438. The first-order valence-electron chi connectivity index (χ1n) is 10.6. The number of rotatable bonds is 8. The van der Waals surface area contributed by atoms with Crippen LogP contribution in [-0.4, -0.2) is 34.4 Å². The summed E-state index contributed by atoms with van der Waals surface area (Å²) in [5.41, 5.74) is 4.22. The number of nitrogens with zero attached hydrogens (tertiary/aromatic N) is 3. The fourth-order valence-electron chi connectivity index (χ4n) is 3.58. The van der Waals surface area contributed by atoms with Crippen molar-refractivity contribution in [1.29, 1.82) is 0 Å². The third-order valence-corrected chi connectivity index (χ3v) is 5.16. The van der Waals surface area contributed by atoms with E-state index in [0.29, 0.717) is 36.6 Å². The largest absolute Gasteiger partial charge is 0.493 e. The number of ether oxygens (including phenoxy) is 2. The molecule has 7 nitrogen and oxygen atoms in total. The van der Waals surface area contributed by atoms with Crippen molar-refractivity contribution in [2.24, 2.45) is 0 Å². The molecule has 2 heterocycles. The van der Waals surface area contributed by atoms with Crippen molar-refractivity contribution in [1.82, 2.24) is 14.8 Å². The van der Waals surface area contributed by atoms with E-state index in [2.05, 4.69) is 15.4 Å². The molecule has 164 valence electrons. The van der Waals surface area contributed by atoms with Crippen LogP contribution in [0.3, 0.4) is 0 Å². The summed E-state index contributed by atoms with van der Waals surface area (Å²) < 4.78 is 12.7. The van der Waals surface area contributed by atoms with Gasteiger partial charge in [-0.3, -0.25) is 4.79 Å². The van der Waals surface area contributed by atoms with Gasteiger partial charge in [-0.05, 0) is 56.2 Å². The Morgan fingerprint density at radius 2 is 1.91 bits per heavy atom. The number of pyridine rings is 1. The second-order valence-corrected chi connectivity index (χ2v) is 7.39. The standard InChI is InChI=1S/C25H26N4O3/c1-4-32-22-12-10-18(14-23(22)31-3)11-13-24(30)27-19-15-21-17(2)28-29(25(21)26-16-19)20-8-6-5-7-9-20/h5-10,12,14-16H,4,11,13H2,1-3H3,(H,27,30). The fraction of sp³-hybridized carbons (Fsp3) is 0.240. The van der Waals surface area contributed by atoms with E-state index in [-0.39, 0.29) is 5.91 Å². The molecule has 0 fully saturated rings. The monoisotopic (exact) mass is 430 g/mol. The highest BCUT2D eigenvalue weighted by molar-refractivity contribution is 5.93. The molecule has 0 unspecified atom stereocenters. The molecule has 1 N–H and O–H groups in total. The molecule has 0 atom stereocenters. The van der Waals surface area contributed by atoms with E-state index in [1.807, 2.05) is 73.1 Å². The zero-order valence-corrected chi connectivity index (χ0v) is 18.5. The van der Waals surface area contributed by atoms with Crippen LogP contribution in [0.15, 0.2) is 60.8 Å². The van der Waals surface area contributed by atoms with Crippen LogP contribution < -0.4 is 14.8 Å². The molecule has 0 radical (unpaired) electrons. The molecule has 1 amide bonds. The molecule has 7 heteroatoms. The number of aryl methyl sites for hydroxylation is 2. The molecular formula is C25H26N4O3. The lowest BCUT2D eigenvalue weighted by atomic mass is 10.1. The lowest BCUT2D eigenvalue weighted by Gasteiger charge is -2.11. The van der Waals surface area contributed by atoms with Crippen LogP contribution in [0.1, 0.15) is 24.6 Å². The van der Waals surface area contributed by atoms with Gasteiger partial charge in [0.2, 0.25) is 5.91 Å². The van der Waals surface area contributed by atoms with E-state index in [1.54, 1.807) is 13.3 Å². The highest BCUT2D eigenvalue weighted by Crippen LogP contribution is 2.28. The van der Waals surface area contributed by atoms with Gasteiger partial charge in [0.1, 0.15) is 0 Å². The summed E-state index contributed by atoms with van der Waals surface area (Å²) in [5.74, 6) is 1.30. The lowest BCUT2D eigenvalue weighted by Crippen LogP contribution is -2.12. The van der Waals surface area contributed by atoms with Crippen molar-refractivity contribution in [3.8, 4) is 17.2 Å². The first kappa shape index (κ1) is 21.4. The van der Waals surface area contributed by atoms with Crippen LogP contribution >= 0.6 is 0 Å². The molecule has 0 saturated heterocycles. The summed E-state index contributed by atoms with van der Waals surface area (Å²) in [6, 6.07) is 17.5. The number of hydrogen-bond donors (Lipinski definition) is 1. The number of fused-ring (bicyclic) bond motifs is 1. The van der Waals surface area contributed by atoms with Crippen LogP contribution in [0.5, 0.6) is 11.5 Å². The summed E-state index contributed by atoms with van der Waals surface area (Å²) in [4.78, 5) is 17.1. The number of hydrogen-bond acceptors (Lipinski definition) is 5. The number of methoxy groups -OCH3 is 1. The average Bonchev–Trinajstić information content (AvgIpc) is 3.15. The molecule has 4 aromatic rings. The Kier molecular flexibility index (Phi) is 6.35. The zero-order valence-electron chi connectivity index (χ0n) is 18.5. The van der Waals surface area contributed by atoms with Crippen molar-refractivity contribution < 1.29 is 14.3 Å². The van der Waals surface area contributed by atoms with Crippen LogP contribution in [0.4, 0.5) is 5.69 Å². The number of anilines is 1. The molecule has 32 heavy (non-hydrogen) atoms. The Morgan fingerprint density at radius 1 is 1.09 bits per heavy atom. The molecule has 0 aliphatic carbocycles. The van der Waals surface area contributed by atoms with Crippen molar-refractivity contribution in [3.05, 3.63) is 72.1 Å². The zero-order chi connectivity index (χ0) is 22.5. The highest BCUT2D eigenvalue weighted by Gasteiger charge is 2.13. The second-order valence-electron chi connectivity index (χ2n) is 7.39. The Morgan fingerprint density at radius 3 is 2.66 bits per heavy atom. The number of amides is 1. The van der Waals surface area contributed by atoms with Crippen molar-refractivity contribution in [2.75, 3.05) is 19.0 Å². The molecule has 0 saturated carbocycles. The average molecular weight is 431 g/mol. The van der Waals surface area contributed by atoms with Crippen LogP contribution in [0.2, 0.25) is 0 Å². The first-order valence-corrected chi connectivity index (χ1v) is 10.6. The van der Waals surface area contributed by atoms with E-state index in [9.17, 15) is 4.79 Å². The van der Waals surface area contributed by atoms with E-state index in [0.717, 1.165) is 28.0 Å². The maximum absolute atomic E-state index is 12.5. The van der Waals surface area contributed by atoms with Gasteiger partial charge in [-0.15, -0.1) is 0 Å². The summed E-state index contributed by atoms with van der Waals surface area (Å²) in [7, 11) is 1.61. The normalized spacial score (nSPS) is 10.8. The molecule has 0 bridgehead atoms. The van der Waals surface area contributed by atoms with Crippen LogP contribution in [-0.2, 0) is 11.2 Å². The smallest absolute Gasteiger partial charge is 0.224 e. The SMILES string of the molecule is CCOc1ccc(CCC(=O)Nc2cnc3c(c2)c(C)nn3-c2ccccc2)cc1OC. The second kappa shape index (κ2) is 9.51. The van der Waals surface area contributed by atoms with Gasteiger partial charge in [-0.1, -0.05) is 24.3 Å². The lowest BCUT2D eigenvalue weighted by molar-refractivity contribution is -0.116. The minimum atomic E-state index is -0.0768. The van der Waals surface area contributed by atoms with Crippen LogP contribution in [0, 0.1) is 6.92 Å². The topological polar surface area (TPSA) is 78.3 Å². The van der Waals surface area contributed by atoms with Crippen molar-refractivity contribution in [3.63, 3.8) is 0 Å². The third kappa shape index (κ3) is 4.56. The maximum atomic E-state index is 12.5. The number of carbonyl (C=O) groups is 1. The molecule has 0 aliphatic rings. The summed E-state index contributed by atoms with van der Waals surface area (Å²) in [6.07, 6.45) is 2.60. The van der Waals surface area contributed by atoms with Gasteiger partial charge in [0.25, 0.3) is 0 Å². The summed E-state index contributed by atoms with van der Waals surface area (Å²) in [6.45, 7) is 4.44. The van der Waals surface area contributed by atoms with Gasteiger partial charge >= 0.3 is 0 Å². The van der Waals surface area contributed by atoms with Gasteiger partial charge < -0.3 is 14.8 Å². The Bertz CT molecular complexity index is 1230. The minimum Gasteiger partial charge on any atom is -0.493 e. The number of nitrogens with one attached hydrogen (secondary N) is 1. The van der Waals surface area contributed by atoms with E-state index in [1.165, 1.54) is 0 Å². The third-order valence-electron chi connectivity index (χ3n) is 5.16. The minimum absolute atomic E-state index is 0.0768. The number of carbonyl (C=O) groups excluding carboxylic acids is 1. The Balaban J connectivity index is 1.44. The van der Waals surface area contributed by atoms with E-state index in [4.69, 9.17) is 9.47 Å². The van der Waals surface area contributed by atoms with Gasteiger partial charge in [0, 0.05) is 11.8 Å². The predicted molar refractivity (Wildman–Crippen MR) is 125 cm³/mol. The number of benzene rings is 2. The Hall–Kier alpha value is -3.87. The first-order chi connectivity index (χ1) is 15.6. The van der Waals surface area contributed by atoms with E-state index < -0.39 is 0 Å². The van der Waals surface area contributed by atoms with Gasteiger partial charge in [-0.2, -0.15) is 5.10 Å². The van der Waals surface area contributed by atoms with Crippen LogP contribution in [0.25, 0.3) is 16.7 Å². The molecule has 2 aromatic carbocycles. The molecule has 0 spiro atoms. The predicted octanol–water partition coefficient (Wildman–Crippen LogP) is 4.71. The Labute approximate surface area is 187 Å².